The van der Waals surface area contributed by atoms with E-state index in [-0.39, 0.29) is 18.3 Å². The van der Waals surface area contributed by atoms with Gasteiger partial charge in [0.25, 0.3) is 0 Å². The van der Waals surface area contributed by atoms with Gasteiger partial charge >= 0.3 is 12.3 Å². The van der Waals surface area contributed by atoms with Crippen LogP contribution in [-0.2, 0) is 10.9 Å². The molecule has 1 heterocycles. The number of nitrogens with zero attached hydrogens (tertiary/aromatic N) is 2. The molecule has 2 aromatic rings. The fourth-order valence-electron chi connectivity index (χ4n) is 3.74. The molecule has 0 aliphatic carbocycles. The lowest BCUT2D eigenvalue weighted by atomic mass is 9.91. The molecule has 1 aromatic heterocycles. The van der Waals surface area contributed by atoms with Gasteiger partial charge < -0.3 is 14.8 Å². The Morgan fingerprint density at radius 3 is 2.24 bits per heavy atom. The average Bonchev–Trinajstić information content (AvgIpc) is 2.62. The highest BCUT2D eigenvalue weighted by molar-refractivity contribution is 5.68. The fourth-order valence-corrected chi connectivity index (χ4v) is 3.74. The minimum atomic E-state index is -4.64. The Kier molecular flexibility index (Phi) is 8.22. The van der Waals surface area contributed by atoms with Gasteiger partial charge in [-0.1, -0.05) is 13.8 Å². The molecule has 1 aromatic carbocycles. The summed E-state index contributed by atoms with van der Waals surface area (Å²) in [5.41, 5.74) is -1.19. The first-order chi connectivity index (χ1) is 15.5. The zero-order valence-corrected chi connectivity index (χ0v) is 21.1. The van der Waals surface area contributed by atoms with Crippen LogP contribution in [0, 0.1) is 19.8 Å². The molecular weight excluding hydrogens is 447 g/mol. The maximum absolute atomic E-state index is 13.9. The number of rotatable bonds is 7. The van der Waals surface area contributed by atoms with Gasteiger partial charge in [0.2, 0.25) is 0 Å². The molecular formula is C25H34F3N3O3. The van der Waals surface area contributed by atoms with Crippen LogP contribution < -0.4 is 10.1 Å². The number of alkyl halides is 3. The van der Waals surface area contributed by atoms with E-state index in [4.69, 9.17) is 9.47 Å². The molecule has 0 aliphatic heterocycles. The van der Waals surface area contributed by atoms with Crippen molar-refractivity contribution in [1.29, 1.82) is 0 Å². The monoisotopic (exact) mass is 481 g/mol. The molecule has 6 nitrogen and oxygen atoms in total. The number of ether oxygens (including phenoxy) is 2. The fraction of sp³-hybridized carbons (Fsp3) is 0.560. The zero-order valence-electron chi connectivity index (χ0n) is 21.1. The molecule has 1 amide bonds. The predicted octanol–water partition coefficient (Wildman–Crippen LogP) is 6.49. The van der Waals surface area contributed by atoms with Crippen molar-refractivity contribution in [2.45, 2.75) is 79.1 Å². The third-order valence-electron chi connectivity index (χ3n) is 4.75. The van der Waals surface area contributed by atoms with Crippen LogP contribution in [0.1, 0.15) is 65.0 Å². The summed E-state index contributed by atoms with van der Waals surface area (Å²) in [6.45, 7) is 14.1. The van der Waals surface area contributed by atoms with Crippen LogP contribution in [0.2, 0.25) is 0 Å². The van der Waals surface area contributed by atoms with Gasteiger partial charge in [0, 0.05) is 11.3 Å². The first-order valence-electron chi connectivity index (χ1n) is 11.2. The molecule has 1 atom stereocenters. The molecule has 2 rings (SSSR count). The van der Waals surface area contributed by atoms with E-state index in [1.54, 1.807) is 47.6 Å². The lowest BCUT2D eigenvalue weighted by molar-refractivity contribution is -0.139. The van der Waals surface area contributed by atoms with Gasteiger partial charge in [-0.25, -0.2) is 14.8 Å². The highest BCUT2D eigenvalue weighted by Crippen LogP contribution is 2.39. The van der Waals surface area contributed by atoms with Gasteiger partial charge in [-0.2, -0.15) is 13.2 Å². The van der Waals surface area contributed by atoms with Gasteiger partial charge in [0.1, 0.15) is 23.8 Å². The maximum atomic E-state index is 13.9. The highest BCUT2D eigenvalue weighted by atomic mass is 19.4. The summed E-state index contributed by atoms with van der Waals surface area (Å²) in [6, 6.07) is 5.48. The zero-order chi connectivity index (χ0) is 25.9. The second kappa shape index (κ2) is 10.2. The van der Waals surface area contributed by atoms with Crippen molar-refractivity contribution in [3.63, 3.8) is 0 Å². The molecule has 9 heteroatoms. The van der Waals surface area contributed by atoms with E-state index in [2.05, 4.69) is 15.3 Å². The smallest absolute Gasteiger partial charge is 0.419 e. The number of alkyl carbamates (subject to hydrolysis) is 1. The molecule has 0 saturated carbocycles. The lowest BCUT2D eigenvalue weighted by Gasteiger charge is -2.33. The second-order valence-corrected chi connectivity index (χ2v) is 10.2. The van der Waals surface area contributed by atoms with Crippen LogP contribution >= 0.6 is 0 Å². The number of carbonyl (C=O) groups excluding carboxylic acids is 1. The number of hydrogen-bond donors (Lipinski definition) is 1. The highest BCUT2D eigenvalue weighted by Gasteiger charge is 2.36. The summed E-state index contributed by atoms with van der Waals surface area (Å²) >= 11 is 0. The number of amides is 1. The molecule has 0 fully saturated rings. The van der Waals surface area contributed by atoms with Crippen molar-refractivity contribution in [1.82, 2.24) is 15.3 Å². The quantitative estimate of drug-likeness (QED) is 0.489. The number of nitrogens with one attached hydrogen (secondary N) is 1. The standard InChI is InChI=1S/C25H34F3N3O3/c1-15(2)13-24(8,31-22(32)34-23(5,6)7)14-33-21-10-9-18(12-19(21)25(26,27)28)20-11-16(3)29-17(4)30-20/h9-12,15H,13-14H2,1-8H3,(H,31,32). The summed E-state index contributed by atoms with van der Waals surface area (Å²) in [4.78, 5) is 20.8. The SMILES string of the molecule is Cc1cc(-c2ccc(OCC(C)(CC(C)C)NC(=O)OC(C)(C)C)c(C(F)(F)F)c2)nc(C)n1. The maximum Gasteiger partial charge on any atom is 0.419 e. The molecule has 188 valence electrons. The van der Waals surface area contributed by atoms with Gasteiger partial charge in [-0.15, -0.1) is 0 Å². The normalized spacial score (nSPS) is 14.0. The van der Waals surface area contributed by atoms with E-state index < -0.39 is 29.0 Å². The lowest BCUT2D eigenvalue weighted by Crippen LogP contribution is -2.52. The number of aryl methyl sites for hydroxylation is 2. The topological polar surface area (TPSA) is 73.3 Å². The summed E-state index contributed by atoms with van der Waals surface area (Å²) < 4.78 is 52.8. The van der Waals surface area contributed by atoms with Crippen molar-refractivity contribution in [3.8, 4) is 17.0 Å². The Labute approximate surface area is 199 Å². The van der Waals surface area contributed by atoms with Crippen LogP contribution in [0.5, 0.6) is 5.75 Å². The minimum Gasteiger partial charge on any atom is -0.491 e. The molecule has 0 saturated heterocycles. The van der Waals surface area contributed by atoms with E-state index in [1.807, 2.05) is 13.8 Å². The first-order valence-corrected chi connectivity index (χ1v) is 11.2. The average molecular weight is 482 g/mol. The van der Waals surface area contributed by atoms with E-state index >= 15 is 0 Å². The van der Waals surface area contributed by atoms with Crippen molar-refractivity contribution >= 4 is 6.09 Å². The first kappa shape index (κ1) is 27.4. The van der Waals surface area contributed by atoms with Gasteiger partial charge in [0.15, 0.2) is 0 Å². The van der Waals surface area contributed by atoms with Crippen molar-refractivity contribution < 1.29 is 27.4 Å². The van der Waals surface area contributed by atoms with Crippen molar-refractivity contribution in [2.24, 2.45) is 5.92 Å². The van der Waals surface area contributed by atoms with Gasteiger partial charge in [-0.3, -0.25) is 0 Å². The minimum absolute atomic E-state index is 0.150. The second-order valence-electron chi connectivity index (χ2n) is 10.2. The molecule has 1 unspecified atom stereocenters. The Hall–Kier alpha value is -2.84. The molecule has 0 radical (unpaired) electrons. The van der Waals surface area contributed by atoms with Crippen LogP contribution in [0.4, 0.5) is 18.0 Å². The predicted molar refractivity (Wildman–Crippen MR) is 125 cm³/mol. The third-order valence-corrected chi connectivity index (χ3v) is 4.75. The molecule has 1 N–H and O–H groups in total. The van der Waals surface area contributed by atoms with Crippen molar-refractivity contribution in [3.05, 3.63) is 41.3 Å². The molecule has 0 bridgehead atoms. The number of aromatic nitrogens is 2. The van der Waals surface area contributed by atoms with Crippen molar-refractivity contribution in [2.75, 3.05) is 6.61 Å². The van der Waals surface area contributed by atoms with Crippen LogP contribution in [0.15, 0.2) is 24.3 Å². The van der Waals surface area contributed by atoms with Crippen LogP contribution in [0.3, 0.4) is 0 Å². The summed E-state index contributed by atoms with van der Waals surface area (Å²) in [6.07, 6.45) is -4.82. The molecule has 0 spiro atoms. The number of carbonyl (C=O) groups is 1. The van der Waals surface area contributed by atoms with Gasteiger partial charge in [0.05, 0.1) is 16.8 Å². The summed E-state index contributed by atoms with van der Waals surface area (Å²) in [7, 11) is 0. The van der Waals surface area contributed by atoms with Gasteiger partial charge in [-0.05, 0) is 78.1 Å². The van der Waals surface area contributed by atoms with E-state index in [0.29, 0.717) is 29.2 Å². The number of hydrogen-bond acceptors (Lipinski definition) is 5. The number of benzene rings is 1. The van der Waals surface area contributed by atoms with E-state index in [0.717, 1.165) is 6.07 Å². The molecule has 0 aliphatic rings. The third kappa shape index (κ3) is 8.18. The Balaban J connectivity index is 2.34. The van der Waals surface area contributed by atoms with E-state index in [1.165, 1.54) is 12.1 Å². The Morgan fingerprint density at radius 1 is 1.06 bits per heavy atom. The largest absolute Gasteiger partial charge is 0.491 e. The van der Waals surface area contributed by atoms with E-state index in [9.17, 15) is 18.0 Å². The van der Waals surface area contributed by atoms with Crippen LogP contribution in [0.25, 0.3) is 11.3 Å². The Morgan fingerprint density at radius 2 is 1.71 bits per heavy atom. The number of halogens is 3. The Bertz CT molecular complexity index is 996. The molecule has 34 heavy (non-hydrogen) atoms. The summed E-state index contributed by atoms with van der Waals surface area (Å²) in [5, 5.41) is 2.78. The van der Waals surface area contributed by atoms with Crippen LogP contribution in [-0.4, -0.2) is 33.8 Å². The summed E-state index contributed by atoms with van der Waals surface area (Å²) in [5.74, 6) is 0.304.